The van der Waals surface area contributed by atoms with Gasteiger partial charge in [0.1, 0.15) is 17.1 Å². The third-order valence-corrected chi connectivity index (χ3v) is 5.61. The van der Waals surface area contributed by atoms with Crippen molar-refractivity contribution < 1.29 is 9.53 Å². The van der Waals surface area contributed by atoms with Crippen molar-refractivity contribution in [2.75, 3.05) is 12.4 Å². The molecule has 3 aromatic rings. The number of aryl methyl sites for hydroxylation is 1. The topological polar surface area (TPSA) is 81.9 Å². The number of rotatable bonds is 4. The van der Waals surface area contributed by atoms with Gasteiger partial charge in [-0.1, -0.05) is 11.6 Å². The molecule has 4 rings (SSSR count). The monoisotopic (exact) mass is 375 g/mol. The maximum atomic E-state index is 13.0. The van der Waals surface area contributed by atoms with Crippen LogP contribution < -0.4 is 10.1 Å². The Hall–Kier alpha value is -2.45. The van der Waals surface area contributed by atoms with E-state index in [-0.39, 0.29) is 5.91 Å². The van der Waals surface area contributed by atoms with Crippen molar-refractivity contribution in [1.29, 1.82) is 0 Å². The highest BCUT2D eigenvalue weighted by Crippen LogP contribution is 2.38. The molecule has 2 heterocycles. The van der Waals surface area contributed by atoms with Gasteiger partial charge in [0.25, 0.3) is 5.91 Å². The summed E-state index contributed by atoms with van der Waals surface area (Å²) in [4.78, 5) is 14.3. The minimum atomic E-state index is -0.217. The van der Waals surface area contributed by atoms with E-state index in [1.165, 1.54) is 15.9 Å². The van der Waals surface area contributed by atoms with E-state index in [0.29, 0.717) is 22.0 Å². The first-order chi connectivity index (χ1) is 12.2. The number of tetrazole rings is 1. The number of halogens is 1. The smallest absolute Gasteiger partial charge is 0.259 e. The summed E-state index contributed by atoms with van der Waals surface area (Å²) >= 11 is 7.61. The number of nitrogens with one attached hydrogen (secondary N) is 1. The van der Waals surface area contributed by atoms with E-state index in [4.69, 9.17) is 16.3 Å². The Morgan fingerprint density at radius 2 is 2.28 bits per heavy atom. The predicted octanol–water partition coefficient (Wildman–Crippen LogP) is 3.13. The fourth-order valence-electron chi connectivity index (χ4n) is 3.00. The molecule has 1 aromatic carbocycles. The average molecular weight is 376 g/mol. The molecular weight excluding hydrogens is 362 g/mol. The Bertz CT molecular complexity index is 938. The van der Waals surface area contributed by atoms with E-state index in [9.17, 15) is 4.79 Å². The lowest BCUT2D eigenvalue weighted by molar-refractivity contribution is 0.102. The lowest BCUT2D eigenvalue weighted by Gasteiger charge is -2.12. The molecule has 7 nitrogen and oxygen atoms in total. The van der Waals surface area contributed by atoms with Crippen LogP contribution in [0.1, 0.15) is 27.2 Å². The van der Waals surface area contributed by atoms with Gasteiger partial charge in [-0.25, -0.2) is 0 Å². The molecule has 0 bridgehead atoms. The van der Waals surface area contributed by atoms with E-state index in [1.54, 1.807) is 36.6 Å². The average Bonchev–Trinajstić information content (AvgIpc) is 3.31. The highest BCUT2D eigenvalue weighted by Gasteiger charge is 2.28. The zero-order valence-electron chi connectivity index (χ0n) is 13.3. The Morgan fingerprint density at radius 3 is 3.04 bits per heavy atom. The molecular formula is C16H14ClN5O2S. The van der Waals surface area contributed by atoms with Gasteiger partial charge in [-0.2, -0.15) is 4.68 Å². The van der Waals surface area contributed by atoms with Crippen LogP contribution in [0.2, 0.25) is 5.02 Å². The molecule has 1 aliphatic carbocycles. The molecule has 0 unspecified atom stereocenters. The van der Waals surface area contributed by atoms with Crippen molar-refractivity contribution in [3.8, 4) is 10.8 Å². The van der Waals surface area contributed by atoms with E-state index in [1.807, 2.05) is 0 Å². The number of amides is 1. The zero-order valence-corrected chi connectivity index (χ0v) is 14.9. The summed E-state index contributed by atoms with van der Waals surface area (Å²) < 4.78 is 6.84. The fourth-order valence-corrected chi connectivity index (χ4v) is 4.48. The Balaban J connectivity index is 1.75. The Labute approximate surface area is 152 Å². The normalized spacial score (nSPS) is 12.9. The Morgan fingerprint density at radius 1 is 1.40 bits per heavy atom. The Kier molecular flexibility index (Phi) is 4.14. The number of hydrogen-bond acceptors (Lipinski definition) is 6. The van der Waals surface area contributed by atoms with Crippen LogP contribution in [0.3, 0.4) is 0 Å². The first-order valence-corrected chi connectivity index (χ1v) is 8.89. The minimum Gasteiger partial charge on any atom is -0.495 e. The summed E-state index contributed by atoms with van der Waals surface area (Å²) in [5, 5.41) is 15.5. The highest BCUT2D eigenvalue weighted by atomic mass is 35.5. The van der Waals surface area contributed by atoms with Crippen molar-refractivity contribution in [3.05, 3.63) is 45.6 Å². The summed E-state index contributed by atoms with van der Waals surface area (Å²) in [6.45, 7) is 0. The predicted molar refractivity (Wildman–Crippen MR) is 95.0 cm³/mol. The van der Waals surface area contributed by atoms with Gasteiger partial charge in [0, 0.05) is 9.90 Å². The minimum absolute atomic E-state index is 0.217. The van der Waals surface area contributed by atoms with E-state index < -0.39 is 0 Å². The van der Waals surface area contributed by atoms with Crippen LogP contribution in [0, 0.1) is 0 Å². The van der Waals surface area contributed by atoms with Crippen molar-refractivity contribution in [3.63, 3.8) is 0 Å². The summed E-state index contributed by atoms with van der Waals surface area (Å²) in [6.07, 6.45) is 4.40. The number of anilines is 1. The van der Waals surface area contributed by atoms with Gasteiger partial charge in [0.05, 0.1) is 18.4 Å². The van der Waals surface area contributed by atoms with Crippen LogP contribution >= 0.6 is 22.9 Å². The summed E-state index contributed by atoms with van der Waals surface area (Å²) in [5.74, 6) is 0.332. The van der Waals surface area contributed by atoms with Gasteiger partial charge in [-0.05, 0) is 53.5 Å². The number of fused-ring (bicyclic) bond motifs is 1. The molecule has 2 aromatic heterocycles. The largest absolute Gasteiger partial charge is 0.495 e. The van der Waals surface area contributed by atoms with Gasteiger partial charge >= 0.3 is 0 Å². The molecule has 0 atom stereocenters. The zero-order chi connectivity index (χ0) is 17.4. The molecule has 128 valence electrons. The fraction of sp³-hybridized carbons (Fsp3) is 0.250. The first-order valence-electron chi connectivity index (χ1n) is 7.70. The second-order valence-electron chi connectivity index (χ2n) is 5.59. The number of nitrogens with zero attached hydrogens (tertiary/aromatic N) is 4. The maximum absolute atomic E-state index is 13.0. The number of hydrogen-bond donors (Lipinski definition) is 1. The van der Waals surface area contributed by atoms with E-state index in [2.05, 4.69) is 20.8 Å². The van der Waals surface area contributed by atoms with Crippen LogP contribution in [0.4, 0.5) is 5.69 Å². The summed E-state index contributed by atoms with van der Waals surface area (Å²) in [6, 6.07) is 5.10. The van der Waals surface area contributed by atoms with Crippen LogP contribution in [-0.4, -0.2) is 33.2 Å². The van der Waals surface area contributed by atoms with Crippen LogP contribution in [-0.2, 0) is 12.8 Å². The second-order valence-corrected chi connectivity index (χ2v) is 7.11. The van der Waals surface area contributed by atoms with Crippen molar-refractivity contribution in [2.45, 2.75) is 19.3 Å². The third kappa shape index (κ3) is 2.87. The van der Waals surface area contributed by atoms with Crippen LogP contribution in [0.5, 0.6) is 5.75 Å². The molecule has 25 heavy (non-hydrogen) atoms. The number of ether oxygens (including phenoxy) is 1. The van der Waals surface area contributed by atoms with Gasteiger partial charge in [-0.15, -0.1) is 16.4 Å². The molecule has 0 radical (unpaired) electrons. The van der Waals surface area contributed by atoms with Crippen molar-refractivity contribution >= 4 is 34.5 Å². The number of aromatic nitrogens is 4. The summed E-state index contributed by atoms with van der Waals surface area (Å²) in [5.41, 5.74) is 2.22. The van der Waals surface area contributed by atoms with E-state index >= 15 is 0 Å². The molecule has 9 heteroatoms. The summed E-state index contributed by atoms with van der Waals surface area (Å²) in [7, 11) is 1.55. The molecule has 0 saturated heterocycles. The molecule has 1 amide bonds. The van der Waals surface area contributed by atoms with Gasteiger partial charge in [-0.3, -0.25) is 4.79 Å². The van der Waals surface area contributed by atoms with E-state index in [0.717, 1.165) is 29.8 Å². The van der Waals surface area contributed by atoms with Crippen LogP contribution in [0.25, 0.3) is 5.00 Å². The SMILES string of the molecule is COc1ccc(Cl)cc1NC(=O)c1c(-n2cnnn2)sc2c1CCC2. The lowest BCUT2D eigenvalue weighted by Crippen LogP contribution is -2.16. The quantitative estimate of drug-likeness (QED) is 0.757. The number of carbonyl (C=O) groups excluding carboxylic acids is 1. The lowest BCUT2D eigenvalue weighted by atomic mass is 10.1. The maximum Gasteiger partial charge on any atom is 0.259 e. The first kappa shape index (κ1) is 16.0. The second kappa shape index (κ2) is 6.45. The van der Waals surface area contributed by atoms with Crippen molar-refractivity contribution in [1.82, 2.24) is 20.2 Å². The highest BCUT2D eigenvalue weighted by molar-refractivity contribution is 7.15. The number of methoxy groups -OCH3 is 1. The third-order valence-electron chi connectivity index (χ3n) is 4.10. The standard InChI is InChI=1S/C16H14ClN5O2S/c1-24-12-6-5-9(17)7-11(12)19-15(23)14-10-3-2-4-13(10)25-16(14)22-8-18-20-21-22/h5-8H,2-4H2,1H3,(H,19,23). The van der Waals surface area contributed by atoms with Crippen LogP contribution in [0.15, 0.2) is 24.5 Å². The van der Waals surface area contributed by atoms with Gasteiger partial charge in [0.2, 0.25) is 0 Å². The van der Waals surface area contributed by atoms with Gasteiger partial charge < -0.3 is 10.1 Å². The number of thiophene rings is 1. The molecule has 1 aliphatic rings. The molecule has 0 aliphatic heterocycles. The molecule has 0 saturated carbocycles. The molecule has 0 fully saturated rings. The number of benzene rings is 1. The van der Waals surface area contributed by atoms with Gasteiger partial charge in [0.15, 0.2) is 0 Å². The number of carbonyl (C=O) groups is 1. The molecule has 0 spiro atoms. The molecule has 1 N–H and O–H groups in total. The van der Waals surface area contributed by atoms with Crippen molar-refractivity contribution in [2.24, 2.45) is 0 Å².